The average Bonchev–Trinajstić information content (AvgIpc) is 3.17. The van der Waals surface area contributed by atoms with Crippen LogP contribution in [0.3, 0.4) is 0 Å². The molecule has 2 saturated heterocycles. The van der Waals surface area contributed by atoms with E-state index in [2.05, 4.69) is 5.32 Å². The second kappa shape index (κ2) is 8.45. The van der Waals surface area contributed by atoms with Gasteiger partial charge in [0.25, 0.3) is 11.8 Å². The highest BCUT2D eigenvalue weighted by Crippen LogP contribution is 2.14. The summed E-state index contributed by atoms with van der Waals surface area (Å²) < 4.78 is 5.48. The molecule has 6 heteroatoms. The maximum absolute atomic E-state index is 12.3. The van der Waals surface area contributed by atoms with E-state index in [0.717, 1.165) is 31.5 Å². The minimum Gasteiger partial charge on any atom is -0.368 e. The van der Waals surface area contributed by atoms with E-state index in [4.69, 9.17) is 4.74 Å². The van der Waals surface area contributed by atoms with Crippen molar-refractivity contribution in [3.8, 4) is 0 Å². The molecule has 0 aliphatic carbocycles. The van der Waals surface area contributed by atoms with Gasteiger partial charge in [0.2, 0.25) is 0 Å². The van der Waals surface area contributed by atoms with Gasteiger partial charge in [-0.25, -0.2) is 0 Å². The molecule has 0 unspecified atom stereocenters. The first-order valence-electron chi connectivity index (χ1n) is 9.22. The number of carbonyl (C=O) groups is 2. The molecule has 6 nitrogen and oxygen atoms in total. The van der Waals surface area contributed by atoms with Gasteiger partial charge in [-0.2, -0.15) is 0 Å². The fourth-order valence-electron chi connectivity index (χ4n) is 3.54. The molecule has 1 aromatic carbocycles. The van der Waals surface area contributed by atoms with Crippen LogP contribution < -0.4 is 10.2 Å². The predicted molar refractivity (Wildman–Crippen MR) is 94.1 cm³/mol. The summed E-state index contributed by atoms with van der Waals surface area (Å²) in [5.74, 6) is 0.184. The lowest BCUT2D eigenvalue weighted by Crippen LogP contribution is -3.15. The highest BCUT2D eigenvalue weighted by molar-refractivity contribution is 5.81. The highest BCUT2D eigenvalue weighted by Gasteiger charge is 2.32. The van der Waals surface area contributed by atoms with Crippen LogP contribution in [0.15, 0.2) is 30.3 Å². The minimum absolute atomic E-state index is 0.00971. The normalized spacial score (nSPS) is 22.6. The summed E-state index contributed by atoms with van der Waals surface area (Å²) in [6, 6.07) is 9.98. The van der Waals surface area contributed by atoms with E-state index in [1.807, 2.05) is 42.2 Å². The second-order valence-corrected chi connectivity index (χ2v) is 6.95. The van der Waals surface area contributed by atoms with Gasteiger partial charge in [0, 0.05) is 6.61 Å². The smallest absolute Gasteiger partial charge is 0.275 e. The molecule has 0 aromatic heterocycles. The van der Waals surface area contributed by atoms with Crippen LogP contribution in [-0.4, -0.2) is 62.1 Å². The fraction of sp³-hybridized carbons (Fsp3) is 0.579. The zero-order chi connectivity index (χ0) is 17.6. The number of ether oxygens (including phenoxy) is 1. The third-order valence-corrected chi connectivity index (χ3v) is 5.07. The van der Waals surface area contributed by atoms with E-state index in [1.165, 1.54) is 4.90 Å². The van der Waals surface area contributed by atoms with Crippen LogP contribution in [0.5, 0.6) is 0 Å². The summed E-state index contributed by atoms with van der Waals surface area (Å²) in [4.78, 5) is 27.8. The lowest BCUT2D eigenvalue weighted by atomic mass is 10.1. The number of carbonyl (C=O) groups excluding carboxylic acids is 2. The predicted octanol–water partition coefficient (Wildman–Crippen LogP) is -0.230. The Morgan fingerprint density at radius 1 is 1.28 bits per heavy atom. The van der Waals surface area contributed by atoms with Crippen LogP contribution >= 0.6 is 0 Å². The van der Waals surface area contributed by atoms with Gasteiger partial charge in [-0.3, -0.25) is 9.59 Å². The summed E-state index contributed by atoms with van der Waals surface area (Å²) in [6.07, 6.45) is 1.57. The van der Waals surface area contributed by atoms with E-state index >= 15 is 0 Å². The maximum Gasteiger partial charge on any atom is 0.275 e. The van der Waals surface area contributed by atoms with Crippen LogP contribution in [0.4, 0.5) is 0 Å². The Hall–Kier alpha value is -1.92. The Bertz CT molecular complexity index is 579. The number of amides is 2. The van der Waals surface area contributed by atoms with E-state index in [1.54, 1.807) is 0 Å². The molecule has 2 fully saturated rings. The number of hydrogen-bond acceptors (Lipinski definition) is 3. The molecule has 0 saturated carbocycles. The third kappa shape index (κ3) is 4.80. The molecule has 2 aliphatic heterocycles. The monoisotopic (exact) mass is 346 g/mol. The minimum atomic E-state index is -0.239. The number of nitrogens with zero attached hydrogens (tertiary/aromatic N) is 1. The Kier molecular flexibility index (Phi) is 6.04. The SMILES string of the molecule is C[C@H](NC(=O)C[NH+]1CCN(C(=O)[C@@H]2CCCO2)CC1)c1ccccc1. The van der Waals surface area contributed by atoms with Gasteiger partial charge in [0.05, 0.1) is 32.2 Å². The molecule has 1 aromatic rings. The molecule has 3 rings (SSSR count). The average molecular weight is 346 g/mol. The van der Waals surface area contributed by atoms with Gasteiger partial charge >= 0.3 is 0 Å². The summed E-state index contributed by atoms with van der Waals surface area (Å²) in [5, 5.41) is 3.06. The molecule has 0 bridgehead atoms. The van der Waals surface area contributed by atoms with Crippen molar-refractivity contribution < 1.29 is 19.2 Å². The molecule has 25 heavy (non-hydrogen) atoms. The summed E-state index contributed by atoms with van der Waals surface area (Å²) in [7, 11) is 0. The number of rotatable bonds is 5. The second-order valence-electron chi connectivity index (χ2n) is 6.95. The van der Waals surface area contributed by atoms with Crippen molar-refractivity contribution in [2.24, 2.45) is 0 Å². The van der Waals surface area contributed by atoms with Gasteiger partial charge < -0.3 is 19.9 Å². The quantitative estimate of drug-likeness (QED) is 0.774. The Morgan fingerprint density at radius 2 is 2.00 bits per heavy atom. The van der Waals surface area contributed by atoms with E-state index in [-0.39, 0.29) is 24.0 Å². The van der Waals surface area contributed by atoms with Crippen molar-refractivity contribution in [3.63, 3.8) is 0 Å². The van der Waals surface area contributed by atoms with Crippen LogP contribution in [-0.2, 0) is 14.3 Å². The first kappa shape index (κ1) is 17.9. The van der Waals surface area contributed by atoms with Crippen molar-refractivity contribution in [1.29, 1.82) is 0 Å². The molecule has 136 valence electrons. The number of piperazine rings is 1. The summed E-state index contributed by atoms with van der Waals surface area (Å²) >= 11 is 0. The molecular formula is C19H28N3O3+. The molecule has 2 aliphatic rings. The molecule has 0 radical (unpaired) electrons. The Balaban J connectivity index is 1.41. The van der Waals surface area contributed by atoms with Gasteiger partial charge in [0.15, 0.2) is 6.54 Å². The van der Waals surface area contributed by atoms with Gasteiger partial charge in [-0.15, -0.1) is 0 Å². The van der Waals surface area contributed by atoms with Crippen molar-refractivity contribution in [2.75, 3.05) is 39.3 Å². The van der Waals surface area contributed by atoms with Gasteiger partial charge in [-0.05, 0) is 25.3 Å². The first-order valence-corrected chi connectivity index (χ1v) is 9.22. The van der Waals surface area contributed by atoms with Crippen LogP contribution in [0, 0.1) is 0 Å². The van der Waals surface area contributed by atoms with Crippen LogP contribution in [0.2, 0.25) is 0 Å². The van der Waals surface area contributed by atoms with E-state index in [0.29, 0.717) is 26.2 Å². The summed E-state index contributed by atoms with van der Waals surface area (Å²) in [6.45, 7) is 6.18. The molecule has 2 N–H and O–H groups in total. The highest BCUT2D eigenvalue weighted by atomic mass is 16.5. The zero-order valence-corrected chi connectivity index (χ0v) is 14.9. The Labute approximate surface area is 149 Å². The van der Waals surface area contributed by atoms with Crippen LogP contribution in [0.25, 0.3) is 0 Å². The first-order chi connectivity index (χ1) is 12.1. The largest absolute Gasteiger partial charge is 0.368 e. The molecule has 2 amide bonds. The number of nitrogens with one attached hydrogen (secondary N) is 2. The topological polar surface area (TPSA) is 63.1 Å². The van der Waals surface area contributed by atoms with Crippen molar-refractivity contribution in [2.45, 2.75) is 31.9 Å². The van der Waals surface area contributed by atoms with Gasteiger partial charge in [0.1, 0.15) is 6.10 Å². The number of benzene rings is 1. The maximum atomic E-state index is 12.3. The van der Waals surface area contributed by atoms with Crippen LogP contribution in [0.1, 0.15) is 31.4 Å². The van der Waals surface area contributed by atoms with E-state index in [9.17, 15) is 9.59 Å². The Morgan fingerprint density at radius 3 is 2.64 bits per heavy atom. The van der Waals surface area contributed by atoms with Crippen molar-refractivity contribution >= 4 is 11.8 Å². The van der Waals surface area contributed by atoms with Crippen molar-refractivity contribution in [3.05, 3.63) is 35.9 Å². The third-order valence-electron chi connectivity index (χ3n) is 5.07. The lowest BCUT2D eigenvalue weighted by molar-refractivity contribution is -0.896. The molecule has 2 atom stereocenters. The van der Waals surface area contributed by atoms with E-state index < -0.39 is 0 Å². The number of hydrogen-bond donors (Lipinski definition) is 2. The summed E-state index contributed by atoms with van der Waals surface area (Å²) in [5.41, 5.74) is 1.11. The fourth-order valence-corrected chi connectivity index (χ4v) is 3.54. The van der Waals surface area contributed by atoms with Crippen molar-refractivity contribution in [1.82, 2.24) is 10.2 Å². The molecule has 0 spiro atoms. The lowest BCUT2D eigenvalue weighted by Gasteiger charge is -2.33. The molecule has 2 heterocycles. The van der Waals surface area contributed by atoms with Gasteiger partial charge in [-0.1, -0.05) is 30.3 Å². The molecular weight excluding hydrogens is 318 g/mol. The standard InChI is InChI=1S/C19H27N3O3/c1-15(16-6-3-2-4-7-16)20-18(23)14-21-9-11-22(12-10-21)19(24)17-8-5-13-25-17/h2-4,6-7,15,17H,5,8-14H2,1H3,(H,20,23)/p+1/t15-,17-/m0/s1. The number of quaternary nitrogens is 1. The zero-order valence-electron chi connectivity index (χ0n) is 14.9.